The number of carbonyl (C=O) groups excluding carboxylic acids is 2. The molecule has 0 aliphatic rings. The van der Waals surface area contributed by atoms with E-state index in [-0.39, 0.29) is 11.8 Å². The summed E-state index contributed by atoms with van der Waals surface area (Å²) in [5, 5.41) is 5.69. The van der Waals surface area contributed by atoms with Crippen molar-refractivity contribution in [3.05, 3.63) is 48.5 Å². The molecule has 2 rings (SSSR count). The smallest absolute Gasteiger partial charge is 0.240 e. The summed E-state index contributed by atoms with van der Waals surface area (Å²) in [4.78, 5) is 25.9. The highest BCUT2D eigenvalue weighted by molar-refractivity contribution is 6.14. The van der Waals surface area contributed by atoms with E-state index in [0.29, 0.717) is 35.7 Å². The zero-order valence-electron chi connectivity index (χ0n) is 16.2. The minimum Gasteiger partial charge on any atom is -0.497 e. The molecule has 0 unspecified atom stereocenters. The van der Waals surface area contributed by atoms with E-state index in [1.165, 1.54) is 0 Å². The number of carbonyl (C=O) groups is 2. The summed E-state index contributed by atoms with van der Waals surface area (Å²) in [6, 6.07) is 14.0. The molecule has 0 heterocycles. The summed E-state index contributed by atoms with van der Waals surface area (Å²) in [6.45, 7) is 3.68. The lowest BCUT2D eigenvalue weighted by atomic mass is 9.80. The van der Waals surface area contributed by atoms with Crippen LogP contribution in [0.4, 0.5) is 11.4 Å². The van der Waals surface area contributed by atoms with Gasteiger partial charge >= 0.3 is 0 Å². The molecule has 0 saturated carbocycles. The molecular formula is C21H26N2O4. The van der Waals surface area contributed by atoms with Crippen LogP contribution < -0.4 is 20.1 Å². The highest BCUT2D eigenvalue weighted by Gasteiger charge is 2.42. The molecule has 2 aromatic carbocycles. The summed E-state index contributed by atoms with van der Waals surface area (Å²) < 4.78 is 10.2. The third-order valence-corrected chi connectivity index (χ3v) is 4.77. The van der Waals surface area contributed by atoms with Crippen LogP contribution in [0.15, 0.2) is 48.5 Å². The van der Waals surface area contributed by atoms with E-state index in [1.54, 1.807) is 62.8 Å². The summed E-state index contributed by atoms with van der Waals surface area (Å²) in [6.07, 6.45) is 0.765. The van der Waals surface area contributed by atoms with Gasteiger partial charge in [-0.2, -0.15) is 0 Å². The normalized spacial score (nSPS) is 10.8. The van der Waals surface area contributed by atoms with Crippen molar-refractivity contribution >= 4 is 23.2 Å². The lowest BCUT2D eigenvalue weighted by Crippen LogP contribution is -2.45. The molecular weight excluding hydrogens is 344 g/mol. The van der Waals surface area contributed by atoms with E-state index >= 15 is 0 Å². The Kier molecular flexibility index (Phi) is 6.82. The van der Waals surface area contributed by atoms with Crippen molar-refractivity contribution in [1.29, 1.82) is 0 Å². The molecule has 0 aliphatic carbocycles. The molecule has 27 heavy (non-hydrogen) atoms. The van der Waals surface area contributed by atoms with Crippen molar-refractivity contribution in [3.8, 4) is 11.5 Å². The molecule has 0 bridgehead atoms. The second-order valence-corrected chi connectivity index (χ2v) is 6.15. The van der Waals surface area contributed by atoms with Gasteiger partial charge in [0, 0.05) is 11.4 Å². The number of benzene rings is 2. The van der Waals surface area contributed by atoms with Crippen molar-refractivity contribution in [2.75, 3.05) is 24.9 Å². The number of methoxy groups -OCH3 is 2. The van der Waals surface area contributed by atoms with Gasteiger partial charge < -0.3 is 20.1 Å². The van der Waals surface area contributed by atoms with Crippen LogP contribution in [0, 0.1) is 5.41 Å². The standard InChI is InChI=1S/C21H26N2O4/c1-5-21(6-2,19(24)22-15-7-11-17(26-3)12-8-15)20(25)23-16-9-13-18(27-4)14-10-16/h7-14H,5-6H2,1-4H3,(H,22,24)(H,23,25). The van der Waals surface area contributed by atoms with Gasteiger partial charge in [-0.1, -0.05) is 13.8 Å². The Balaban J connectivity index is 2.17. The number of anilines is 2. The first-order chi connectivity index (χ1) is 13.0. The van der Waals surface area contributed by atoms with Crippen molar-refractivity contribution in [2.45, 2.75) is 26.7 Å². The van der Waals surface area contributed by atoms with Crippen LogP contribution in [0.25, 0.3) is 0 Å². The molecule has 6 nitrogen and oxygen atoms in total. The average Bonchev–Trinajstić information content (AvgIpc) is 2.70. The Bertz CT molecular complexity index is 702. The predicted molar refractivity (Wildman–Crippen MR) is 106 cm³/mol. The lowest BCUT2D eigenvalue weighted by Gasteiger charge is -2.29. The molecule has 2 amide bonds. The second kappa shape index (κ2) is 9.07. The molecule has 0 aromatic heterocycles. The van der Waals surface area contributed by atoms with Gasteiger partial charge in [-0.25, -0.2) is 0 Å². The fourth-order valence-electron chi connectivity index (χ4n) is 2.85. The van der Waals surface area contributed by atoms with Gasteiger partial charge in [0.05, 0.1) is 14.2 Å². The summed E-state index contributed by atoms with van der Waals surface area (Å²) in [5.74, 6) is 0.734. The Morgan fingerprint density at radius 3 is 1.33 bits per heavy atom. The quantitative estimate of drug-likeness (QED) is 0.686. The van der Waals surface area contributed by atoms with E-state index in [4.69, 9.17) is 9.47 Å². The van der Waals surface area contributed by atoms with Gasteiger partial charge in [-0.15, -0.1) is 0 Å². The largest absolute Gasteiger partial charge is 0.497 e. The predicted octanol–water partition coefficient (Wildman–Crippen LogP) is 4.09. The van der Waals surface area contributed by atoms with E-state index in [0.717, 1.165) is 0 Å². The van der Waals surface area contributed by atoms with Gasteiger partial charge in [-0.05, 0) is 61.4 Å². The zero-order chi connectivity index (χ0) is 19.9. The molecule has 0 radical (unpaired) electrons. The maximum absolute atomic E-state index is 13.0. The molecule has 2 N–H and O–H groups in total. The third kappa shape index (κ3) is 4.58. The van der Waals surface area contributed by atoms with E-state index in [2.05, 4.69) is 10.6 Å². The summed E-state index contributed by atoms with van der Waals surface area (Å²) in [7, 11) is 3.16. The molecule has 144 valence electrons. The van der Waals surface area contributed by atoms with Crippen molar-refractivity contribution in [2.24, 2.45) is 5.41 Å². The number of nitrogens with one attached hydrogen (secondary N) is 2. The summed E-state index contributed by atoms with van der Waals surface area (Å²) >= 11 is 0. The first-order valence-electron chi connectivity index (χ1n) is 8.90. The Labute approximate surface area is 159 Å². The van der Waals surface area contributed by atoms with E-state index < -0.39 is 5.41 Å². The SMILES string of the molecule is CCC(CC)(C(=O)Nc1ccc(OC)cc1)C(=O)Nc1ccc(OC)cc1. The Morgan fingerprint density at radius 1 is 0.741 bits per heavy atom. The fourth-order valence-corrected chi connectivity index (χ4v) is 2.85. The van der Waals surface area contributed by atoms with Crippen LogP contribution in [0.5, 0.6) is 11.5 Å². The number of hydrogen-bond acceptors (Lipinski definition) is 4. The van der Waals surface area contributed by atoms with Gasteiger partial charge in [0.15, 0.2) is 0 Å². The highest BCUT2D eigenvalue weighted by atomic mass is 16.5. The van der Waals surface area contributed by atoms with Gasteiger partial charge in [0.1, 0.15) is 16.9 Å². The maximum Gasteiger partial charge on any atom is 0.240 e. The van der Waals surface area contributed by atoms with Crippen LogP contribution in [-0.4, -0.2) is 26.0 Å². The lowest BCUT2D eigenvalue weighted by molar-refractivity contribution is -0.137. The Hall–Kier alpha value is -3.02. The first kappa shape index (κ1) is 20.3. The molecule has 0 atom stereocenters. The van der Waals surface area contributed by atoms with Gasteiger partial charge in [-0.3, -0.25) is 9.59 Å². The fraction of sp³-hybridized carbons (Fsp3) is 0.333. The zero-order valence-corrected chi connectivity index (χ0v) is 16.2. The third-order valence-electron chi connectivity index (χ3n) is 4.77. The second-order valence-electron chi connectivity index (χ2n) is 6.15. The molecule has 0 spiro atoms. The monoisotopic (exact) mass is 370 g/mol. The van der Waals surface area contributed by atoms with Crippen LogP contribution in [0.3, 0.4) is 0 Å². The molecule has 0 fully saturated rings. The number of rotatable bonds is 8. The van der Waals surface area contributed by atoms with E-state index in [9.17, 15) is 9.59 Å². The molecule has 0 saturated heterocycles. The van der Waals surface area contributed by atoms with Gasteiger partial charge in [0.25, 0.3) is 0 Å². The maximum atomic E-state index is 13.0. The Morgan fingerprint density at radius 2 is 1.07 bits per heavy atom. The van der Waals surface area contributed by atoms with Crippen molar-refractivity contribution in [1.82, 2.24) is 0 Å². The molecule has 2 aromatic rings. The minimum absolute atomic E-state index is 0.330. The van der Waals surface area contributed by atoms with Gasteiger partial charge in [0.2, 0.25) is 11.8 Å². The number of hydrogen-bond donors (Lipinski definition) is 2. The minimum atomic E-state index is -1.17. The van der Waals surface area contributed by atoms with E-state index in [1.807, 2.05) is 13.8 Å². The number of amides is 2. The van der Waals surface area contributed by atoms with Crippen molar-refractivity contribution < 1.29 is 19.1 Å². The average molecular weight is 370 g/mol. The highest BCUT2D eigenvalue weighted by Crippen LogP contribution is 2.31. The van der Waals surface area contributed by atoms with Crippen LogP contribution in [-0.2, 0) is 9.59 Å². The van der Waals surface area contributed by atoms with Crippen molar-refractivity contribution in [3.63, 3.8) is 0 Å². The molecule has 0 aliphatic heterocycles. The number of ether oxygens (including phenoxy) is 2. The topological polar surface area (TPSA) is 76.7 Å². The summed E-state index contributed by atoms with van der Waals surface area (Å²) in [5.41, 5.74) is 0.0634. The molecule has 6 heteroatoms. The van der Waals surface area contributed by atoms with Crippen LogP contribution >= 0.6 is 0 Å². The van der Waals surface area contributed by atoms with Crippen LogP contribution in [0.2, 0.25) is 0 Å². The van der Waals surface area contributed by atoms with Crippen LogP contribution in [0.1, 0.15) is 26.7 Å². The first-order valence-corrected chi connectivity index (χ1v) is 8.90.